The number of likely N-dealkylation sites (tertiary alicyclic amines) is 1. The number of nitrogens with zero attached hydrogens (tertiary/aromatic N) is 2. The highest BCUT2D eigenvalue weighted by Gasteiger charge is 2.27. The Morgan fingerprint density at radius 1 is 1.03 bits per heavy atom. The van der Waals surface area contributed by atoms with Gasteiger partial charge < -0.3 is 19.5 Å². The monoisotopic (exact) mass is 405 g/mol. The number of fused-ring (bicyclic) bond motifs is 1. The van der Waals surface area contributed by atoms with Gasteiger partial charge in [0.25, 0.3) is 0 Å². The molecular formula is C24H27N3O3. The number of hydrogen-bond donors (Lipinski definition) is 1. The minimum atomic E-state index is -0.0904. The third-order valence-electron chi connectivity index (χ3n) is 5.83. The molecule has 1 aliphatic rings. The largest absolute Gasteiger partial charge is 0.495 e. The summed E-state index contributed by atoms with van der Waals surface area (Å²) in [4.78, 5) is 27.2. The average Bonchev–Trinajstić information content (AvgIpc) is 3.21. The molecule has 1 N–H and O–H groups in total. The third-order valence-corrected chi connectivity index (χ3v) is 5.83. The predicted molar refractivity (Wildman–Crippen MR) is 117 cm³/mol. The van der Waals surface area contributed by atoms with Crippen LogP contribution in [0, 0.1) is 5.92 Å². The van der Waals surface area contributed by atoms with Crippen molar-refractivity contribution >= 4 is 28.4 Å². The first kappa shape index (κ1) is 20.0. The first-order valence-corrected chi connectivity index (χ1v) is 10.4. The standard InChI is InChI=1S/C24H27N3O3/c1-30-22-9-5-3-7-20(22)25-24(29)19-11-15-27(16-12-19)23(28)13-17-26-14-10-18-6-2-4-8-21(18)26/h2-10,14,19H,11-13,15-17H2,1H3,(H,25,29). The second-order valence-corrected chi connectivity index (χ2v) is 7.66. The zero-order valence-corrected chi connectivity index (χ0v) is 17.2. The smallest absolute Gasteiger partial charge is 0.227 e. The molecule has 1 aromatic heterocycles. The molecule has 1 aliphatic heterocycles. The van der Waals surface area contributed by atoms with Gasteiger partial charge in [-0.1, -0.05) is 30.3 Å². The van der Waals surface area contributed by atoms with Crippen molar-refractivity contribution in [1.29, 1.82) is 0 Å². The number of anilines is 1. The molecule has 2 heterocycles. The van der Waals surface area contributed by atoms with Crippen LogP contribution < -0.4 is 10.1 Å². The van der Waals surface area contributed by atoms with Gasteiger partial charge in [-0.05, 0) is 42.5 Å². The van der Waals surface area contributed by atoms with E-state index in [4.69, 9.17) is 4.74 Å². The van der Waals surface area contributed by atoms with Crippen LogP contribution in [-0.2, 0) is 16.1 Å². The number of rotatable bonds is 6. The maximum atomic E-state index is 12.7. The van der Waals surface area contributed by atoms with Gasteiger partial charge in [0.05, 0.1) is 12.8 Å². The number of piperidine rings is 1. The maximum absolute atomic E-state index is 12.7. The highest BCUT2D eigenvalue weighted by atomic mass is 16.5. The molecular weight excluding hydrogens is 378 g/mol. The van der Waals surface area contributed by atoms with E-state index in [0.717, 1.165) is 5.52 Å². The van der Waals surface area contributed by atoms with Crippen LogP contribution in [0.25, 0.3) is 10.9 Å². The highest BCUT2D eigenvalue weighted by Crippen LogP contribution is 2.26. The second-order valence-electron chi connectivity index (χ2n) is 7.66. The lowest BCUT2D eigenvalue weighted by Gasteiger charge is -2.31. The van der Waals surface area contributed by atoms with Crippen LogP contribution in [0.15, 0.2) is 60.8 Å². The topological polar surface area (TPSA) is 63.6 Å². The number of aryl methyl sites for hydroxylation is 1. The summed E-state index contributed by atoms with van der Waals surface area (Å²) in [6.45, 7) is 1.91. The van der Waals surface area contributed by atoms with Crippen molar-refractivity contribution in [2.75, 3.05) is 25.5 Å². The van der Waals surface area contributed by atoms with Crippen molar-refractivity contribution in [3.05, 3.63) is 60.8 Å². The number of carbonyl (C=O) groups excluding carboxylic acids is 2. The van der Waals surface area contributed by atoms with E-state index in [-0.39, 0.29) is 17.7 Å². The summed E-state index contributed by atoms with van der Waals surface area (Å²) in [5.41, 5.74) is 1.83. The number of methoxy groups -OCH3 is 1. The molecule has 4 rings (SSSR count). The number of carbonyl (C=O) groups is 2. The van der Waals surface area contributed by atoms with Gasteiger partial charge in [-0.3, -0.25) is 9.59 Å². The zero-order chi connectivity index (χ0) is 20.9. The number of benzene rings is 2. The van der Waals surface area contributed by atoms with Crippen molar-refractivity contribution in [2.24, 2.45) is 5.92 Å². The Kier molecular flexibility index (Phi) is 6.02. The van der Waals surface area contributed by atoms with Crippen molar-refractivity contribution in [3.8, 4) is 5.75 Å². The molecule has 6 nitrogen and oxygen atoms in total. The van der Waals surface area contributed by atoms with E-state index in [1.54, 1.807) is 7.11 Å². The second kappa shape index (κ2) is 9.03. The third kappa shape index (κ3) is 4.32. The van der Waals surface area contributed by atoms with E-state index in [1.165, 1.54) is 5.39 Å². The van der Waals surface area contributed by atoms with E-state index >= 15 is 0 Å². The van der Waals surface area contributed by atoms with Crippen molar-refractivity contribution in [1.82, 2.24) is 9.47 Å². The minimum absolute atomic E-state index is 0.00888. The number of nitrogens with one attached hydrogen (secondary N) is 1. The number of aromatic nitrogens is 1. The molecule has 6 heteroatoms. The Morgan fingerprint density at radius 3 is 2.57 bits per heavy atom. The lowest BCUT2D eigenvalue weighted by atomic mass is 9.95. The van der Waals surface area contributed by atoms with Gasteiger partial charge in [-0.25, -0.2) is 0 Å². The van der Waals surface area contributed by atoms with Gasteiger partial charge in [0.15, 0.2) is 0 Å². The van der Waals surface area contributed by atoms with Gasteiger partial charge in [0.2, 0.25) is 11.8 Å². The average molecular weight is 405 g/mol. The molecule has 2 amide bonds. The van der Waals surface area contributed by atoms with E-state index in [1.807, 2.05) is 47.5 Å². The molecule has 1 saturated heterocycles. The molecule has 156 valence electrons. The zero-order valence-electron chi connectivity index (χ0n) is 17.2. The number of para-hydroxylation sites is 3. The minimum Gasteiger partial charge on any atom is -0.495 e. The quantitative estimate of drug-likeness (QED) is 0.676. The summed E-state index contributed by atoms with van der Waals surface area (Å²) in [5.74, 6) is 0.699. The molecule has 3 aromatic rings. The fourth-order valence-electron chi connectivity index (χ4n) is 4.08. The van der Waals surface area contributed by atoms with Crippen LogP contribution in [0.4, 0.5) is 5.69 Å². The first-order valence-electron chi connectivity index (χ1n) is 10.4. The number of amides is 2. The fraction of sp³-hybridized carbons (Fsp3) is 0.333. The Balaban J connectivity index is 1.27. The summed E-state index contributed by atoms with van der Waals surface area (Å²) < 4.78 is 7.42. The molecule has 30 heavy (non-hydrogen) atoms. The van der Waals surface area contributed by atoms with Gasteiger partial charge in [-0.15, -0.1) is 0 Å². The van der Waals surface area contributed by atoms with Crippen molar-refractivity contribution < 1.29 is 14.3 Å². The molecule has 0 aliphatic carbocycles. The van der Waals surface area contributed by atoms with E-state index in [9.17, 15) is 9.59 Å². The van der Waals surface area contributed by atoms with Crippen LogP contribution in [0.1, 0.15) is 19.3 Å². The number of hydrogen-bond acceptors (Lipinski definition) is 3. The van der Waals surface area contributed by atoms with Crippen molar-refractivity contribution in [3.63, 3.8) is 0 Å². The Labute approximate surface area is 176 Å². The summed E-state index contributed by atoms with van der Waals surface area (Å²) in [6, 6.07) is 17.7. The lowest BCUT2D eigenvalue weighted by Crippen LogP contribution is -2.41. The summed E-state index contributed by atoms with van der Waals surface area (Å²) in [6.07, 6.45) is 3.86. The van der Waals surface area contributed by atoms with Gasteiger partial charge in [0.1, 0.15) is 5.75 Å². The van der Waals surface area contributed by atoms with Gasteiger partial charge >= 0.3 is 0 Å². The SMILES string of the molecule is COc1ccccc1NC(=O)C1CCN(C(=O)CCn2ccc3ccccc32)CC1. The molecule has 0 spiro atoms. The van der Waals surface area contributed by atoms with E-state index < -0.39 is 0 Å². The summed E-state index contributed by atoms with van der Waals surface area (Å²) in [5, 5.41) is 4.15. The molecule has 0 radical (unpaired) electrons. The van der Waals surface area contributed by atoms with Crippen LogP contribution in [0.3, 0.4) is 0 Å². The first-order chi connectivity index (χ1) is 14.7. The Hall–Kier alpha value is -3.28. The maximum Gasteiger partial charge on any atom is 0.227 e. The molecule has 0 saturated carbocycles. The van der Waals surface area contributed by atoms with Crippen LogP contribution in [0.2, 0.25) is 0 Å². The molecule has 2 aromatic carbocycles. The van der Waals surface area contributed by atoms with E-state index in [2.05, 4.69) is 28.1 Å². The molecule has 0 bridgehead atoms. The van der Waals surface area contributed by atoms with Crippen LogP contribution in [0.5, 0.6) is 5.75 Å². The van der Waals surface area contributed by atoms with Gasteiger partial charge in [-0.2, -0.15) is 0 Å². The normalized spacial score (nSPS) is 14.6. The van der Waals surface area contributed by atoms with E-state index in [0.29, 0.717) is 50.3 Å². The van der Waals surface area contributed by atoms with Crippen molar-refractivity contribution in [2.45, 2.75) is 25.8 Å². The molecule has 1 fully saturated rings. The highest BCUT2D eigenvalue weighted by molar-refractivity contribution is 5.94. The van der Waals surface area contributed by atoms with Crippen LogP contribution >= 0.6 is 0 Å². The predicted octanol–water partition coefficient (Wildman–Crippen LogP) is 3.92. The summed E-state index contributed by atoms with van der Waals surface area (Å²) in [7, 11) is 1.59. The van der Waals surface area contributed by atoms with Crippen LogP contribution in [-0.4, -0.2) is 41.5 Å². The molecule has 0 unspecified atom stereocenters. The Bertz CT molecular complexity index is 1030. The summed E-state index contributed by atoms with van der Waals surface area (Å²) >= 11 is 0. The number of ether oxygens (including phenoxy) is 1. The lowest BCUT2D eigenvalue weighted by molar-refractivity contribution is -0.134. The molecule has 0 atom stereocenters. The fourth-order valence-corrected chi connectivity index (χ4v) is 4.08. The van der Waals surface area contributed by atoms with Gasteiger partial charge in [0, 0.05) is 43.7 Å². The Morgan fingerprint density at radius 2 is 1.77 bits per heavy atom.